The van der Waals surface area contributed by atoms with Crippen molar-refractivity contribution in [3.05, 3.63) is 66.7 Å². The Kier molecular flexibility index (Phi) is 7.53. The highest BCUT2D eigenvalue weighted by atomic mass is 32.2. The predicted octanol–water partition coefficient (Wildman–Crippen LogP) is 2.73. The topological polar surface area (TPSA) is 149 Å². The molecule has 0 aliphatic carbocycles. The van der Waals surface area contributed by atoms with Gasteiger partial charge in [0.25, 0.3) is 10.0 Å². The number of anilines is 2. The molecular weight excluding hydrogens is 500 g/mol. The maximum absolute atomic E-state index is 13.8. The summed E-state index contributed by atoms with van der Waals surface area (Å²) in [6, 6.07) is 17.3. The number of para-hydroxylation sites is 2. The van der Waals surface area contributed by atoms with E-state index < -0.39 is 22.5 Å². The van der Waals surface area contributed by atoms with Crippen molar-refractivity contribution in [3.63, 3.8) is 0 Å². The van der Waals surface area contributed by atoms with Gasteiger partial charge in [0.1, 0.15) is 23.8 Å². The van der Waals surface area contributed by atoms with E-state index in [0.29, 0.717) is 28.6 Å². The van der Waals surface area contributed by atoms with Crippen LogP contribution in [0.4, 0.5) is 11.4 Å². The van der Waals surface area contributed by atoms with Crippen LogP contribution in [0.1, 0.15) is 0 Å². The Hall–Kier alpha value is -4.65. The van der Waals surface area contributed by atoms with E-state index in [1.807, 2.05) is 0 Å². The first-order valence-electron chi connectivity index (χ1n) is 10.9. The number of aromatic amines is 1. The van der Waals surface area contributed by atoms with Gasteiger partial charge in [-0.25, -0.2) is 8.42 Å². The number of benzene rings is 3. The van der Waals surface area contributed by atoms with Crippen molar-refractivity contribution in [1.82, 2.24) is 20.6 Å². The third-order valence-electron chi connectivity index (χ3n) is 5.37. The number of methoxy groups -OCH3 is 3. The predicted molar refractivity (Wildman–Crippen MR) is 135 cm³/mol. The summed E-state index contributed by atoms with van der Waals surface area (Å²) in [5.41, 5.74) is 1.09. The molecule has 1 heterocycles. The Morgan fingerprint density at radius 2 is 1.68 bits per heavy atom. The van der Waals surface area contributed by atoms with E-state index >= 15 is 0 Å². The van der Waals surface area contributed by atoms with Crippen molar-refractivity contribution in [2.24, 2.45) is 0 Å². The van der Waals surface area contributed by atoms with Gasteiger partial charge in [-0.05, 0) is 53.7 Å². The van der Waals surface area contributed by atoms with Crippen molar-refractivity contribution >= 4 is 27.3 Å². The van der Waals surface area contributed by atoms with Gasteiger partial charge in [0.2, 0.25) is 11.7 Å². The third kappa shape index (κ3) is 5.46. The monoisotopic (exact) mass is 524 g/mol. The lowest BCUT2D eigenvalue weighted by atomic mass is 10.2. The maximum Gasteiger partial charge on any atom is 0.264 e. The SMILES string of the molecule is COc1ccc(OC)c(NC(=O)CN(c2ccccc2OC)S(=O)(=O)c2ccc(-c3nn[nH]n3)cc2)c1. The molecule has 37 heavy (non-hydrogen) atoms. The fourth-order valence-corrected chi connectivity index (χ4v) is 4.99. The Morgan fingerprint density at radius 3 is 2.32 bits per heavy atom. The second-order valence-electron chi connectivity index (χ2n) is 7.56. The number of ether oxygens (including phenoxy) is 3. The summed E-state index contributed by atoms with van der Waals surface area (Å²) in [5.74, 6) is 0.868. The number of nitrogens with zero attached hydrogens (tertiary/aromatic N) is 4. The van der Waals surface area contributed by atoms with Gasteiger partial charge in [-0.3, -0.25) is 9.10 Å². The summed E-state index contributed by atoms with van der Waals surface area (Å²) in [4.78, 5) is 13.1. The minimum Gasteiger partial charge on any atom is -0.497 e. The molecule has 0 spiro atoms. The molecule has 0 saturated heterocycles. The van der Waals surface area contributed by atoms with Crippen LogP contribution in [0.15, 0.2) is 71.6 Å². The molecule has 13 heteroatoms. The molecule has 1 aromatic heterocycles. The molecular formula is C24H24N6O6S. The van der Waals surface area contributed by atoms with Crippen LogP contribution >= 0.6 is 0 Å². The number of rotatable bonds is 10. The number of nitrogens with one attached hydrogen (secondary N) is 2. The number of sulfonamides is 1. The highest BCUT2D eigenvalue weighted by Crippen LogP contribution is 2.33. The molecule has 0 atom stereocenters. The largest absolute Gasteiger partial charge is 0.497 e. The van der Waals surface area contributed by atoms with Crippen molar-refractivity contribution in [2.75, 3.05) is 37.5 Å². The highest BCUT2D eigenvalue weighted by molar-refractivity contribution is 7.92. The van der Waals surface area contributed by atoms with Gasteiger partial charge in [0, 0.05) is 11.6 Å². The second-order valence-corrected chi connectivity index (χ2v) is 9.42. The van der Waals surface area contributed by atoms with E-state index in [1.165, 1.54) is 33.5 Å². The van der Waals surface area contributed by atoms with E-state index in [4.69, 9.17) is 14.2 Å². The minimum atomic E-state index is -4.22. The van der Waals surface area contributed by atoms with E-state index in [-0.39, 0.29) is 16.3 Å². The zero-order chi connectivity index (χ0) is 26.4. The Balaban J connectivity index is 1.69. The molecule has 0 aliphatic heterocycles. The molecule has 0 unspecified atom stereocenters. The van der Waals surface area contributed by atoms with E-state index in [1.54, 1.807) is 54.6 Å². The van der Waals surface area contributed by atoms with Crippen LogP contribution in [0, 0.1) is 0 Å². The van der Waals surface area contributed by atoms with Crippen molar-refractivity contribution in [1.29, 1.82) is 0 Å². The number of amides is 1. The number of hydrogen-bond donors (Lipinski definition) is 2. The third-order valence-corrected chi connectivity index (χ3v) is 7.14. The van der Waals surface area contributed by atoms with E-state index in [2.05, 4.69) is 25.9 Å². The first-order chi connectivity index (χ1) is 17.9. The number of tetrazole rings is 1. The van der Waals surface area contributed by atoms with Crippen LogP contribution < -0.4 is 23.8 Å². The molecule has 2 N–H and O–H groups in total. The van der Waals surface area contributed by atoms with Crippen molar-refractivity contribution in [3.8, 4) is 28.6 Å². The average molecular weight is 525 g/mol. The minimum absolute atomic E-state index is 0.0441. The lowest BCUT2D eigenvalue weighted by Crippen LogP contribution is -2.38. The van der Waals surface area contributed by atoms with Crippen LogP contribution in [-0.2, 0) is 14.8 Å². The molecule has 0 aliphatic rings. The first kappa shape index (κ1) is 25.4. The molecule has 4 rings (SSSR count). The molecule has 192 valence electrons. The van der Waals surface area contributed by atoms with Gasteiger partial charge in [-0.1, -0.05) is 12.1 Å². The summed E-state index contributed by atoms with van der Waals surface area (Å²) < 4.78 is 44.5. The van der Waals surface area contributed by atoms with E-state index in [9.17, 15) is 13.2 Å². The molecule has 1 amide bonds. The number of aromatic nitrogens is 4. The second kappa shape index (κ2) is 11.0. The summed E-state index contributed by atoms with van der Waals surface area (Å²) in [6.45, 7) is -0.546. The zero-order valence-corrected chi connectivity index (χ0v) is 21.0. The van der Waals surface area contributed by atoms with Crippen LogP contribution in [-0.4, -0.2) is 62.8 Å². The van der Waals surface area contributed by atoms with Gasteiger partial charge in [0.15, 0.2) is 0 Å². The van der Waals surface area contributed by atoms with Crippen molar-refractivity contribution in [2.45, 2.75) is 4.90 Å². The highest BCUT2D eigenvalue weighted by Gasteiger charge is 2.30. The molecule has 0 fully saturated rings. The molecule has 0 radical (unpaired) electrons. The van der Waals surface area contributed by atoms with Crippen molar-refractivity contribution < 1.29 is 27.4 Å². The van der Waals surface area contributed by atoms with Gasteiger partial charge >= 0.3 is 0 Å². The summed E-state index contributed by atoms with van der Waals surface area (Å²) >= 11 is 0. The van der Waals surface area contributed by atoms with Gasteiger partial charge in [-0.15, -0.1) is 10.2 Å². The number of hydrogen-bond acceptors (Lipinski definition) is 9. The quantitative estimate of drug-likeness (QED) is 0.319. The fourth-order valence-electron chi connectivity index (χ4n) is 3.55. The van der Waals surface area contributed by atoms with E-state index in [0.717, 1.165) is 4.31 Å². The molecule has 12 nitrogen and oxygen atoms in total. The Morgan fingerprint density at radius 1 is 0.946 bits per heavy atom. The lowest BCUT2D eigenvalue weighted by Gasteiger charge is -2.26. The number of carbonyl (C=O) groups is 1. The van der Waals surface area contributed by atoms with Gasteiger partial charge < -0.3 is 19.5 Å². The van der Waals surface area contributed by atoms with Crippen LogP contribution in [0.5, 0.6) is 17.2 Å². The van der Waals surface area contributed by atoms with Crippen LogP contribution in [0.3, 0.4) is 0 Å². The molecule has 4 aromatic rings. The van der Waals surface area contributed by atoms with Gasteiger partial charge in [0.05, 0.1) is 37.6 Å². The van der Waals surface area contributed by atoms with Crippen LogP contribution in [0.25, 0.3) is 11.4 Å². The molecule has 0 bridgehead atoms. The first-order valence-corrected chi connectivity index (χ1v) is 12.3. The molecule has 3 aromatic carbocycles. The Labute approximate surface area is 213 Å². The lowest BCUT2D eigenvalue weighted by molar-refractivity contribution is -0.114. The normalized spacial score (nSPS) is 11.0. The number of carbonyl (C=O) groups excluding carboxylic acids is 1. The van der Waals surface area contributed by atoms with Crippen LogP contribution in [0.2, 0.25) is 0 Å². The molecule has 0 saturated carbocycles. The summed E-state index contributed by atoms with van der Waals surface area (Å²) in [5, 5.41) is 16.4. The standard InChI is InChI=1S/C24H24N6O6S/c1-34-17-10-13-21(35-2)19(14-17)25-23(31)15-30(20-6-4-5-7-22(20)36-3)37(32,33)18-11-8-16(9-12-18)24-26-28-29-27-24/h4-14H,15H2,1-3H3,(H,25,31)(H,26,27,28,29). The number of H-pyrrole nitrogens is 1. The fraction of sp³-hybridized carbons (Fsp3) is 0.167. The maximum atomic E-state index is 13.8. The summed E-state index contributed by atoms with van der Waals surface area (Å²) in [7, 11) is 0.158. The van der Waals surface area contributed by atoms with Gasteiger partial charge in [-0.2, -0.15) is 5.21 Å². The Bertz CT molecular complexity index is 1480. The zero-order valence-electron chi connectivity index (χ0n) is 20.2. The smallest absolute Gasteiger partial charge is 0.264 e. The summed E-state index contributed by atoms with van der Waals surface area (Å²) in [6.07, 6.45) is 0. The average Bonchev–Trinajstić information content (AvgIpc) is 3.47.